The largest absolute Gasteiger partial charge is 0.490 e. The van der Waals surface area contributed by atoms with Crippen molar-refractivity contribution >= 4 is 40.1 Å². The average Bonchev–Trinajstić information content (AvgIpc) is 3.08. The Bertz CT molecular complexity index is 912. The third-order valence-corrected chi connectivity index (χ3v) is 4.49. The molecule has 0 radical (unpaired) electrons. The Morgan fingerprint density at radius 3 is 2.70 bits per heavy atom. The molecule has 3 aromatic rings. The van der Waals surface area contributed by atoms with Gasteiger partial charge in [-0.2, -0.15) is 5.10 Å². The van der Waals surface area contributed by atoms with E-state index in [2.05, 4.69) is 15.5 Å². The van der Waals surface area contributed by atoms with Crippen LogP contribution >= 0.6 is 22.9 Å². The number of nitrogens with zero attached hydrogens (tertiary/aromatic N) is 2. The SMILES string of the molecule is CCOc1cc(C=NNc2nc(N)cs2)ccc1OCc1ccc(Cl)cc1. The van der Waals surface area contributed by atoms with E-state index in [0.717, 1.165) is 11.1 Å². The van der Waals surface area contributed by atoms with Crippen molar-refractivity contribution in [1.82, 2.24) is 4.98 Å². The van der Waals surface area contributed by atoms with E-state index >= 15 is 0 Å². The van der Waals surface area contributed by atoms with Gasteiger partial charge in [-0.15, -0.1) is 11.3 Å². The van der Waals surface area contributed by atoms with E-state index in [0.29, 0.717) is 40.7 Å². The van der Waals surface area contributed by atoms with Gasteiger partial charge < -0.3 is 15.2 Å². The van der Waals surface area contributed by atoms with Crippen molar-refractivity contribution in [2.45, 2.75) is 13.5 Å². The minimum absolute atomic E-state index is 0.428. The fourth-order valence-corrected chi connectivity index (χ4v) is 2.91. The molecule has 0 saturated carbocycles. The highest BCUT2D eigenvalue weighted by atomic mass is 35.5. The molecule has 8 heteroatoms. The maximum absolute atomic E-state index is 5.91. The first-order valence-corrected chi connectivity index (χ1v) is 9.54. The van der Waals surface area contributed by atoms with Crippen molar-refractivity contribution in [2.24, 2.45) is 5.10 Å². The van der Waals surface area contributed by atoms with E-state index in [1.54, 1.807) is 11.6 Å². The number of rotatable bonds is 8. The summed E-state index contributed by atoms with van der Waals surface area (Å²) in [5.74, 6) is 1.80. The molecule has 3 N–H and O–H groups in total. The van der Waals surface area contributed by atoms with Gasteiger partial charge in [0, 0.05) is 10.4 Å². The number of hydrogen-bond donors (Lipinski definition) is 2. The summed E-state index contributed by atoms with van der Waals surface area (Å²) in [6.07, 6.45) is 1.68. The monoisotopic (exact) mass is 402 g/mol. The van der Waals surface area contributed by atoms with Crippen LogP contribution in [0.15, 0.2) is 52.9 Å². The Balaban J connectivity index is 1.66. The first kappa shape index (κ1) is 19.0. The normalized spacial score (nSPS) is 10.9. The number of halogens is 1. The van der Waals surface area contributed by atoms with Gasteiger partial charge in [0.2, 0.25) is 5.13 Å². The third kappa shape index (κ3) is 5.60. The highest BCUT2D eigenvalue weighted by molar-refractivity contribution is 7.14. The molecule has 0 aliphatic heterocycles. The van der Waals surface area contributed by atoms with E-state index in [1.165, 1.54) is 11.3 Å². The van der Waals surface area contributed by atoms with Gasteiger partial charge in [-0.3, -0.25) is 5.43 Å². The molecule has 0 spiro atoms. The molecule has 3 rings (SSSR count). The van der Waals surface area contributed by atoms with E-state index in [4.69, 9.17) is 26.8 Å². The van der Waals surface area contributed by atoms with Crippen molar-refractivity contribution in [3.63, 3.8) is 0 Å². The molecule has 0 fully saturated rings. The summed E-state index contributed by atoms with van der Waals surface area (Å²) < 4.78 is 11.6. The molecule has 27 heavy (non-hydrogen) atoms. The van der Waals surface area contributed by atoms with E-state index in [-0.39, 0.29) is 0 Å². The summed E-state index contributed by atoms with van der Waals surface area (Å²) >= 11 is 7.30. The Labute approximate surface area is 166 Å². The van der Waals surface area contributed by atoms with Gasteiger partial charge in [0.1, 0.15) is 12.4 Å². The number of hydrazone groups is 1. The summed E-state index contributed by atoms with van der Waals surface area (Å²) in [6.45, 7) is 2.89. The van der Waals surface area contributed by atoms with Crippen LogP contribution in [0.25, 0.3) is 0 Å². The Kier molecular flexibility index (Phi) is 6.51. The van der Waals surface area contributed by atoms with Crippen molar-refractivity contribution in [3.05, 3.63) is 64.0 Å². The Morgan fingerprint density at radius 1 is 1.19 bits per heavy atom. The maximum Gasteiger partial charge on any atom is 0.205 e. The first-order chi connectivity index (χ1) is 13.1. The van der Waals surface area contributed by atoms with Crippen molar-refractivity contribution < 1.29 is 9.47 Å². The molecule has 0 aliphatic rings. The Hall–Kier alpha value is -2.77. The average molecular weight is 403 g/mol. The fraction of sp³-hybridized carbons (Fsp3) is 0.158. The third-order valence-electron chi connectivity index (χ3n) is 3.47. The molecule has 0 amide bonds. The predicted molar refractivity (Wildman–Crippen MR) is 111 cm³/mol. The van der Waals surface area contributed by atoms with Crippen LogP contribution in [0.2, 0.25) is 5.02 Å². The van der Waals surface area contributed by atoms with Gasteiger partial charge in [0.15, 0.2) is 11.5 Å². The van der Waals surface area contributed by atoms with Crippen LogP contribution in [0.5, 0.6) is 11.5 Å². The smallest absolute Gasteiger partial charge is 0.205 e. The topological polar surface area (TPSA) is 81.8 Å². The number of ether oxygens (including phenoxy) is 2. The second-order valence-electron chi connectivity index (χ2n) is 5.50. The van der Waals surface area contributed by atoms with Gasteiger partial charge in [0.05, 0.1) is 12.8 Å². The summed E-state index contributed by atoms with van der Waals surface area (Å²) in [7, 11) is 0. The molecule has 0 unspecified atom stereocenters. The van der Waals surface area contributed by atoms with E-state index < -0.39 is 0 Å². The molecule has 0 bridgehead atoms. The summed E-state index contributed by atoms with van der Waals surface area (Å²) in [5.41, 5.74) is 10.3. The second-order valence-corrected chi connectivity index (χ2v) is 6.80. The number of nitrogens with one attached hydrogen (secondary N) is 1. The lowest BCUT2D eigenvalue weighted by Crippen LogP contribution is -2.00. The molecule has 0 saturated heterocycles. The molecule has 0 atom stereocenters. The molecular weight excluding hydrogens is 384 g/mol. The van der Waals surface area contributed by atoms with Crippen molar-refractivity contribution in [3.8, 4) is 11.5 Å². The van der Waals surface area contributed by atoms with Crippen LogP contribution in [0.4, 0.5) is 10.9 Å². The zero-order valence-electron chi connectivity index (χ0n) is 14.7. The number of anilines is 2. The number of benzene rings is 2. The second kappa shape index (κ2) is 9.25. The number of hydrogen-bond acceptors (Lipinski definition) is 7. The molecule has 2 aromatic carbocycles. The van der Waals surface area contributed by atoms with E-state index in [9.17, 15) is 0 Å². The summed E-state index contributed by atoms with van der Waals surface area (Å²) in [6, 6.07) is 13.2. The van der Waals surface area contributed by atoms with Gasteiger partial charge in [-0.05, 0) is 48.4 Å². The van der Waals surface area contributed by atoms with Gasteiger partial charge in [-0.25, -0.2) is 4.98 Å². The quantitative estimate of drug-likeness (QED) is 0.417. The number of nitrogens with two attached hydrogens (primary N) is 1. The van der Waals surface area contributed by atoms with E-state index in [1.807, 2.05) is 49.4 Å². The molecule has 6 nitrogen and oxygen atoms in total. The van der Waals surface area contributed by atoms with Crippen LogP contribution < -0.4 is 20.6 Å². The maximum atomic E-state index is 5.91. The molecule has 0 aliphatic carbocycles. The minimum Gasteiger partial charge on any atom is -0.490 e. The Morgan fingerprint density at radius 2 is 2.00 bits per heavy atom. The standard InChI is InChI=1S/C19H19ClN4O2S/c1-2-25-17-9-14(10-22-24-19-23-18(21)12-27-19)5-8-16(17)26-11-13-3-6-15(20)7-4-13/h3-10,12H,2,11,21H2,1H3,(H,23,24). The van der Waals surface area contributed by atoms with Crippen LogP contribution in [-0.2, 0) is 6.61 Å². The van der Waals surface area contributed by atoms with Crippen LogP contribution in [0.3, 0.4) is 0 Å². The summed E-state index contributed by atoms with van der Waals surface area (Å²) in [4.78, 5) is 4.08. The first-order valence-electron chi connectivity index (χ1n) is 8.28. The lowest BCUT2D eigenvalue weighted by atomic mass is 10.2. The number of nitrogen functional groups attached to an aromatic ring is 1. The summed E-state index contributed by atoms with van der Waals surface area (Å²) in [5, 5.41) is 7.25. The van der Waals surface area contributed by atoms with Crippen LogP contribution in [0, 0.1) is 0 Å². The molecular formula is C19H19ClN4O2S. The lowest BCUT2D eigenvalue weighted by molar-refractivity contribution is 0.269. The highest BCUT2D eigenvalue weighted by Gasteiger charge is 2.07. The minimum atomic E-state index is 0.428. The number of thiazole rings is 1. The zero-order chi connectivity index (χ0) is 19.1. The fourth-order valence-electron chi connectivity index (χ4n) is 2.23. The van der Waals surface area contributed by atoms with Crippen molar-refractivity contribution in [2.75, 3.05) is 17.8 Å². The predicted octanol–water partition coefficient (Wildman–Crippen LogP) is 4.80. The van der Waals surface area contributed by atoms with Gasteiger partial charge in [-0.1, -0.05) is 23.7 Å². The zero-order valence-corrected chi connectivity index (χ0v) is 16.3. The van der Waals surface area contributed by atoms with Crippen LogP contribution in [0.1, 0.15) is 18.1 Å². The van der Waals surface area contributed by atoms with Crippen LogP contribution in [-0.4, -0.2) is 17.8 Å². The highest BCUT2D eigenvalue weighted by Crippen LogP contribution is 2.29. The van der Waals surface area contributed by atoms with Gasteiger partial charge >= 0.3 is 0 Å². The van der Waals surface area contributed by atoms with Crippen molar-refractivity contribution in [1.29, 1.82) is 0 Å². The molecule has 140 valence electrons. The number of aromatic nitrogens is 1. The van der Waals surface area contributed by atoms with Gasteiger partial charge in [0.25, 0.3) is 0 Å². The lowest BCUT2D eigenvalue weighted by Gasteiger charge is -2.12. The molecule has 1 aromatic heterocycles. The molecule has 1 heterocycles.